The van der Waals surface area contributed by atoms with Gasteiger partial charge in [0.15, 0.2) is 29.2 Å². The molecule has 0 bridgehead atoms. The lowest BCUT2D eigenvalue weighted by atomic mass is 10.1. The van der Waals surface area contributed by atoms with E-state index in [1.165, 1.54) is 88.6 Å². The van der Waals surface area contributed by atoms with Gasteiger partial charge in [0.2, 0.25) is 22.6 Å². The minimum Gasteiger partial charge on any atom is -0.618 e. The van der Waals surface area contributed by atoms with Gasteiger partial charge in [0.1, 0.15) is 5.39 Å². The van der Waals surface area contributed by atoms with E-state index >= 15 is 0 Å². The Kier molecular flexibility index (Phi) is 18.5. The van der Waals surface area contributed by atoms with Crippen molar-refractivity contribution in [3.05, 3.63) is 138 Å². The van der Waals surface area contributed by atoms with E-state index < -0.39 is 9.85 Å². The summed E-state index contributed by atoms with van der Waals surface area (Å²) >= 11 is 0. The molecule has 0 aliphatic rings. The van der Waals surface area contributed by atoms with E-state index in [2.05, 4.69) is 30.7 Å². The van der Waals surface area contributed by atoms with Crippen LogP contribution in [0.15, 0.2) is 95.9 Å². The number of nitrogens with one attached hydrogen (secondary N) is 1. The number of nitro benzene ring substituents is 2. The quantitative estimate of drug-likeness (QED) is 0.0300. The molecule has 0 unspecified atom stereocenters. The van der Waals surface area contributed by atoms with Crippen molar-refractivity contribution < 1.29 is 52.6 Å². The Morgan fingerprint density at radius 3 is 1.55 bits per heavy atom. The van der Waals surface area contributed by atoms with Crippen molar-refractivity contribution in [3.63, 3.8) is 0 Å². The van der Waals surface area contributed by atoms with Gasteiger partial charge in [0, 0.05) is 18.2 Å². The van der Waals surface area contributed by atoms with Crippen LogP contribution >= 0.6 is 0 Å². The fourth-order valence-electron chi connectivity index (χ4n) is 6.45. The number of nitrogens with zero attached hydrogens (tertiary/aromatic N) is 4. The zero-order valence-electron chi connectivity index (χ0n) is 37.1. The number of methoxy groups -OCH3 is 2. The predicted octanol–water partition coefficient (Wildman–Crippen LogP) is 7.98. The summed E-state index contributed by atoms with van der Waals surface area (Å²) in [7, 11) is 2.85. The number of fused-ring (bicyclic) bond motifs is 2. The third-order valence-corrected chi connectivity index (χ3v) is 9.63. The van der Waals surface area contributed by atoms with E-state index in [4.69, 9.17) is 28.4 Å². The fraction of sp³-hybridized carbons (Fsp3) is 0.304. The number of esters is 2. The van der Waals surface area contributed by atoms with Crippen LogP contribution in [-0.2, 0) is 31.9 Å². The molecule has 0 spiro atoms. The van der Waals surface area contributed by atoms with E-state index in [1.54, 1.807) is 50.2 Å². The topological polar surface area (TPSA) is 239 Å². The summed E-state index contributed by atoms with van der Waals surface area (Å²) in [5.74, 6) is 0.286. The first-order valence-electron chi connectivity index (χ1n) is 20.5. The van der Waals surface area contributed by atoms with Crippen LogP contribution in [0.4, 0.5) is 11.4 Å². The molecule has 65 heavy (non-hydrogen) atoms. The van der Waals surface area contributed by atoms with E-state index in [-0.39, 0.29) is 94.2 Å². The number of benzene rings is 4. The average Bonchev–Trinajstić information content (AvgIpc) is 3.28. The minimum atomic E-state index is -0.598. The number of nitro groups is 2. The van der Waals surface area contributed by atoms with Gasteiger partial charge in [0.05, 0.1) is 61.0 Å². The second kappa shape index (κ2) is 24.2. The number of carbonyl (C=O) groups is 2. The van der Waals surface area contributed by atoms with Gasteiger partial charge in [-0.15, -0.1) is 0 Å². The van der Waals surface area contributed by atoms with Gasteiger partial charge in [-0.25, -0.2) is 0 Å². The number of aromatic nitrogens is 2. The fourth-order valence-corrected chi connectivity index (χ4v) is 6.45. The molecule has 0 radical (unpaired) electrons. The molecule has 0 amide bonds. The van der Waals surface area contributed by atoms with Crippen molar-refractivity contribution in [2.24, 2.45) is 0 Å². The van der Waals surface area contributed by atoms with E-state index in [0.717, 1.165) is 0 Å². The number of ether oxygens (including phenoxy) is 6. The van der Waals surface area contributed by atoms with Crippen LogP contribution in [0.2, 0.25) is 0 Å². The number of H-pyrrole nitrogens is 1. The number of hydrogen-bond acceptors (Lipinski definition) is 15. The first-order valence-corrected chi connectivity index (χ1v) is 20.5. The van der Waals surface area contributed by atoms with Crippen LogP contribution in [0.25, 0.3) is 21.8 Å². The summed E-state index contributed by atoms with van der Waals surface area (Å²) < 4.78 is 32.5. The van der Waals surface area contributed by atoms with E-state index in [0.29, 0.717) is 32.9 Å². The maximum absolute atomic E-state index is 11.9. The normalized spacial score (nSPS) is 10.5. The summed E-state index contributed by atoms with van der Waals surface area (Å²) in [6.07, 6.45) is 1.38. The average molecular weight is 898 g/mol. The number of rotatable bonds is 17. The predicted molar refractivity (Wildman–Crippen MR) is 241 cm³/mol. The molecule has 0 fully saturated rings. The molecule has 19 heteroatoms. The van der Waals surface area contributed by atoms with Gasteiger partial charge in [-0.2, -0.15) is 4.73 Å². The standard InChI is InChI=1S/2C20H18N2O7.C6H15N/c1-3-28-19(24)11-12-4-7-15(17(10-12)27-2)29-16-8-6-14-13(20(16)22(25)26)5-9-18(23)21-14;1-3-28-19(23)12-13-6-8-16(18(11-13)27-2)29-17-9-7-15-14(20(17)22(25)26)5-4-10-21(15)24;1-4-7(5-2)6-3/h4-10H,3,11H2,1-2H3,(H,21,23);4-11H,3,12H2,1-2H3;4-6H2,1-3H3. The van der Waals surface area contributed by atoms with E-state index in [1.807, 2.05) is 0 Å². The minimum absolute atomic E-state index is 0.00834. The highest BCUT2D eigenvalue weighted by Crippen LogP contribution is 2.41. The first kappa shape index (κ1) is 49.9. The van der Waals surface area contributed by atoms with Crippen LogP contribution < -0.4 is 29.2 Å². The number of pyridine rings is 2. The van der Waals surface area contributed by atoms with Gasteiger partial charge < -0.3 is 43.5 Å². The summed E-state index contributed by atoms with van der Waals surface area (Å²) in [4.78, 5) is 61.9. The van der Waals surface area contributed by atoms with Gasteiger partial charge in [-0.3, -0.25) is 34.6 Å². The zero-order chi connectivity index (χ0) is 47.6. The highest BCUT2D eigenvalue weighted by atomic mass is 16.6. The number of carbonyl (C=O) groups excluding carboxylic acids is 2. The molecule has 4 aromatic carbocycles. The highest BCUT2D eigenvalue weighted by Gasteiger charge is 2.25. The third kappa shape index (κ3) is 13.4. The largest absolute Gasteiger partial charge is 0.618 e. The molecule has 1 N–H and O–H groups in total. The van der Waals surface area contributed by atoms with Crippen LogP contribution in [0.3, 0.4) is 0 Å². The Hall–Kier alpha value is -7.80. The molecule has 0 aliphatic heterocycles. The lowest BCUT2D eigenvalue weighted by Gasteiger charge is -2.13. The lowest BCUT2D eigenvalue weighted by Crippen LogP contribution is -2.25. The summed E-state index contributed by atoms with van der Waals surface area (Å²) in [6.45, 7) is 14.1. The zero-order valence-corrected chi connectivity index (χ0v) is 37.1. The van der Waals surface area contributed by atoms with Crippen LogP contribution in [0, 0.1) is 25.4 Å². The Labute approximate surface area is 373 Å². The van der Waals surface area contributed by atoms with Gasteiger partial charge in [-0.05, 0) is 99.2 Å². The summed E-state index contributed by atoms with van der Waals surface area (Å²) in [6, 6.07) is 20.9. The van der Waals surface area contributed by atoms with Crippen molar-refractivity contribution in [3.8, 4) is 34.5 Å². The van der Waals surface area contributed by atoms with Crippen molar-refractivity contribution in [2.45, 2.75) is 47.5 Å². The SMILES string of the molecule is CCN(CC)CC.CCOC(=O)Cc1ccc(Oc2ccc3[nH]c(=O)ccc3c2[N+](=O)[O-])c(OC)c1.CCOC(=O)Cc1ccc(Oc2ccc3c(ccc[n+]3[O-])c2[N+](=O)[O-])c(OC)c1. The summed E-state index contributed by atoms with van der Waals surface area (Å²) in [5.41, 5.74) is 0.809. The molecular weight excluding hydrogens is 847 g/mol. The Balaban J connectivity index is 0.000000248. The smallest absolute Gasteiger partial charge is 0.325 e. The van der Waals surface area contributed by atoms with Crippen molar-refractivity contribution in [1.29, 1.82) is 0 Å². The highest BCUT2D eigenvalue weighted by molar-refractivity contribution is 5.91. The Bertz CT molecular complexity index is 2680. The van der Waals surface area contributed by atoms with Crippen molar-refractivity contribution >= 4 is 45.1 Å². The third-order valence-electron chi connectivity index (χ3n) is 9.63. The molecule has 2 aromatic heterocycles. The molecule has 6 aromatic rings. The Morgan fingerprint density at radius 2 is 1.11 bits per heavy atom. The second-order valence-electron chi connectivity index (χ2n) is 13.6. The lowest BCUT2D eigenvalue weighted by molar-refractivity contribution is -0.577. The van der Waals surface area contributed by atoms with Gasteiger partial charge in [-0.1, -0.05) is 32.9 Å². The maximum Gasteiger partial charge on any atom is 0.325 e. The van der Waals surface area contributed by atoms with E-state index in [9.17, 15) is 39.8 Å². The molecule has 0 saturated carbocycles. The van der Waals surface area contributed by atoms with Gasteiger partial charge in [0.25, 0.3) is 0 Å². The molecule has 19 nitrogen and oxygen atoms in total. The second-order valence-corrected chi connectivity index (χ2v) is 13.6. The monoisotopic (exact) mass is 897 g/mol. The molecule has 2 heterocycles. The summed E-state index contributed by atoms with van der Waals surface area (Å²) in [5, 5.41) is 35.6. The van der Waals surface area contributed by atoms with Crippen LogP contribution in [-0.4, -0.2) is 78.7 Å². The number of aromatic amines is 1. The van der Waals surface area contributed by atoms with Crippen LogP contribution in [0.5, 0.6) is 34.5 Å². The van der Waals surface area contributed by atoms with Crippen LogP contribution in [0.1, 0.15) is 45.7 Å². The van der Waals surface area contributed by atoms with Crippen molar-refractivity contribution in [1.82, 2.24) is 9.88 Å². The molecule has 344 valence electrons. The first-order chi connectivity index (χ1) is 31.2. The molecule has 0 atom stereocenters. The van der Waals surface area contributed by atoms with Gasteiger partial charge >= 0.3 is 23.3 Å². The maximum atomic E-state index is 11.9. The Morgan fingerprint density at radius 1 is 0.631 bits per heavy atom. The molecular formula is C46H51N5O14. The molecule has 0 saturated heterocycles. The number of hydrogen-bond donors (Lipinski definition) is 1. The molecule has 6 rings (SSSR count). The molecule has 0 aliphatic carbocycles. The van der Waals surface area contributed by atoms with Crippen molar-refractivity contribution in [2.75, 3.05) is 47.1 Å².